The first-order valence-corrected chi connectivity index (χ1v) is 14.4. The Bertz CT molecular complexity index is 1370. The van der Waals surface area contributed by atoms with Gasteiger partial charge >= 0.3 is 30.7 Å². The van der Waals surface area contributed by atoms with E-state index in [4.69, 9.17) is 19.8 Å². The summed E-state index contributed by atoms with van der Waals surface area (Å²) in [6, 6.07) is 25.2. The van der Waals surface area contributed by atoms with Crippen molar-refractivity contribution in [3.63, 3.8) is 0 Å². The number of rotatable bonds is 8. The lowest BCUT2D eigenvalue weighted by Crippen LogP contribution is -2.41. The Balaban J connectivity index is 0.000000459. The van der Waals surface area contributed by atoms with Gasteiger partial charge in [-0.1, -0.05) is 60.3 Å². The molecule has 7 nitrogen and oxygen atoms in total. The van der Waals surface area contributed by atoms with Crippen LogP contribution in [-0.2, 0) is 22.7 Å². The lowest BCUT2D eigenvalue weighted by Gasteiger charge is -2.32. The Labute approximate surface area is 267 Å². The number of halogens is 9. The quantitative estimate of drug-likeness (QED) is 0.205. The van der Waals surface area contributed by atoms with Gasteiger partial charge < -0.3 is 20.3 Å². The van der Waals surface area contributed by atoms with Gasteiger partial charge in [0.25, 0.3) is 0 Å². The monoisotopic (exact) mass is 700 g/mol. The number of nitrogens with one attached hydrogen (secondary N) is 1. The summed E-state index contributed by atoms with van der Waals surface area (Å²) in [5.74, 6) is -5.72. The van der Waals surface area contributed by atoms with Gasteiger partial charge in [-0.15, -0.1) is 13.2 Å². The number of hydrogen-bond acceptors (Lipinski definition) is 6. The Hall–Kier alpha value is -3.96. The van der Waals surface area contributed by atoms with Gasteiger partial charge in [-0.3, -0.25) is 4.90 Å². The SMILES string of the molecule is FC(F)(F)Oc1ccc(Sc2ccccc2CNC2CCN(Cc3ccccc3)CC2)cc1.O=C(O)C(F)(F)F.O=C(O)C(F)(F)F. The zero-order chi connectivity index (χ0) is 35.3. The number of nitrogens with zero attached hydrogens (tertiary/aromatic N) is 1. The molecule has 0 aromatic heterocycles. The van der Waals surface area contributed by atoms with Crippen molar-refractivity contribution in [2.24, 2.45) is 0 Å². The molecule has 0 saturated carbocycles. The Morgan fingerprint density at radius 1 is 0.766 bits per heavy atom. The zero-order valence-corrected chi connectivity index (χ0v) is 25.0. The fraction of sp³-hybridized carbons (Fsp3) is 0.333. The largest absolute Gasteiger partial charge is 0.573 e. The van der Waals surface area contributed by atoms with Gasteiger partial charge in [0.05, 0.1) is 0 Å². The highest BCUT2D eigenvalue weighted by molar-refractivity contribution is 7.99. The van der Waals surface area contributed by atoms with Crippen LogP contribution in [0, 0.1) is 0 Å². The smallest absolute Gasteiger partial charge is 0.475 e. The molecule has 1 fully saturated rings. The molecule has 4 rings (SSSR count). The summed E-state index contributed by atoms with van der Waals surface area (Å²) in [6.07, 6.45) is -12.6. The van der Waals surface area contributed by atoms with Crippen LogP contribution in [0.1, 0.15) is 24.0 Å². The van der Waals surface area contributed by atoms with Crippen LogP contribution in [0.3, 0.4) is 0 Å². The molecule has 0 atom stereocenters. The van der Waals surface area contributed by atoms with Gasteiger partial charge in [0, 0.05) is 28.9 Å². The minimum atomic E-state index is -5.08. The molecule has 3 N–H and O–H groups in total. The fourth-order valence-corrected chi connectivity index (χ4v) is 4.92. The van der Waals surface area contributed by atoms with Crippen LogP contribution in [0.15, 0.2) is 88.7 Å². The van der Waals surface area contributed by atoms with Crippen molar-refractivity contribution < 1.29 is 64.1 Å². The number of aliphatic carboxylic acids is 2. The van der Waals surface area contributed by atoms with Crippen molar-refractivity contribution >= 4 is 23.7 Å². The molecule has 1 heterocycles. The summed E-state index contributed by atoms with van der Waals surface area (Å²) in [5, 5.41) is 17.9. The van der Waals surface area contributed by atoms with E-state index in [9.17, 15) is 39.5 Å². The standard InChI is InChI=1S/C26H27F3N2OS.2C2HF3O2/c27-26(28,29)32-23-10-12-24(13-11-23)33-25-9-5-4-8-21(25)18-30-22-14-16-31(17-15-22)19-20-6-2-1-3-7-20;2*3-2(4,5)1(6)7/h1-13,22,30H,14-19H2;2*(H,6,7). The molecule has 1 saturated heterocycles. The molecule has 0 amide bonds. The van der Waals surface area contributed by atoms with E-state index < -0.39 is 30.7 Å². The Morgan fingerprint density at radius 3 is 1.74 bits per heavy atom. The van der Waals surface area contributed by atoms with Gasteiger partial charge in [-0.2, -0.15) is 26.3 Å². The second-order valence-electron chi connectivity index (χ2n) is 9.75. The fourth-order valence-electron chi connectivity index (χ4n) is 3.98. The van der Waals surface area contributed by atoms with Crippen molar-refractivity contribution in [3.05, 3.63) is 90.0 Å². The third-order valence-corrected chi connectivity index (χ3v) is 7.29. The molecular formula is C30H29F9N2O5S. The molecule has 0 aliphatic carbocycles. The summed E-state index contributed by atoms with van der Waals surface area (Å²) in [7, 11) is 0. The normalized spacial score (nSPS) is 14.2. The van der Waals surface area contributed by atoms with Crippen molar-refractivity contribution in [2.45, 2.75) is 60.5 Å². The van der Waals surface area contributed by atoms with Gasteiger partial charge in [-0.05, 0) is 67.4 Å². The number of benzene rings is 3. The van der Waals surface area contributed by atoms with Crippen molar-refractivity contribution in [1.82, 2.24) is 10.2 Å². The first kappa shape index (κ1) is 39.2. The zero-order valence-electron chi connectivity index (χ0n) is 24.2. The van der Waals surface area contributed by atoms with Crippen LogP contribution in [-0.4, -0.2) is 64.9 Å². The maximum Gasteiger partial charge on any atom is 0.573 e. The van der Waals surface area contributed by atoms with Crippen LogP contribution in [0.4, 0.5) is 39.5 Å². The number of carbonyl (C=O) groups is 2. The van der Waals surface area contributed by atoms with E-state index in [2.05, 4.69) is 45.3 Å². The average Bonchev–Trinajstić information content (AvgIpc) is 2.98. The highest BCUT2D eigenvalue weighted by Gasteiger charge is 2.39. The van der Waals surface area contributed by atoms with E-state index >= 15 is 0 Å². The van der Waals surface area contributed by atoms with Gasteiger partial charge in [0.15, 0.2) is 0 Å². The second-order valence-corrected chi connectivity index (χ2v) is 10.9. The minimum Gasteiger partial charge on any atom is -0.475 e. The van der Waals surface area contributed by atoms with Gasteiger partial charge in [-0.25, -0.2) is 9.59 Å². The molecule has 1 aliphatic rings. The summed E-state index contributed by atoms with van der Waals surface area (Å²) >= 11 is 1.54. The molecule has 0 spiro atoms. The van der Waals surface area contributed by atoms with Gasteiger partial charge in [0.1, 0.15) is 5.75 Å². The van der Waals surface area contributed by atoms with Crippen LogP contribution >= 0.6 is 11.8 Å². The molecule has 0 radical (unpaired) electrons. The van der Waals surface area contributed by atoms with E-state index in [1.165, 1.54) is 23.3 Å². The van der Waals surface area contributed by atoms with E-state index in [0.717, 1.165) is 48.8 Å². The summed E-state index contributed by atoms with van der Waals surface area (Å²) in [6.45, 7) is 3.92. The molecule has 17 heteroatoms. The predicted molar refractivity (Wildman–Crippen MR) is 153 cm³/mol. The molecule has 3 aromatic carbocycles. The number of piperidine rings is 1. The molecule has 47 heavy (non-hydrogen) atoms. The Kier molecular flexibility index (Phi) is 14.9. The third kappa shape index (κ3) is 15.9. The van der Waals surface area contributed by atoms with Crippen molar-refractivity contribution in [2.75, 3.05) is 13.1 Å². The molecule has 3 aromatic rings. The van der Waals surface area contributed by atoms with Crippen molar-refractivity contribution in [1.29, 1.82) is 0 Å². The van der Waals surface area contributed by atoms with Crippen LogP contribution in [0.25, 0.3) is 0 Å². The molecule has 0 bridgehead atoms. The topological polar surface area (TPSA) is 99.1 Å². The maximum atomic E-state index is 12.4. The van der Waals surface area contributed by atoms with Crippen molar-refractivity contribution in [3.8, 4) is 5.75 Å². The lowest BCUT2D eigenvalue weighted by molar-refractivity contribution is -0.274. The highest BCUT2D eigenvalue weighted by atomic mass is 32.2. The average molecular weight is 701 g/mol. The van der Waals surface area contributed by atoms with Crippen LogP contribution in [0.5, 0.6) is 5.75 Å². The number of carboxylic acids is 2. The first-order chi connectivity index (χ1) is 21.8. The maximum absolute atomic E-state index is 12.4. The number of alkyl halides is 9. The number of ether oxygens (including phenoxy) is 1. The van der Waals surface area contributed by atoms with E-state index in [1.807, 2.05) is 24.3 Å². The predicted octanol–water partition coefficient (Wildman–Crippen LogP) is 7.76. The summed E-state index contributed by atoms with van der Waals surface area (Å²) in [4.78, 5) is 22.3. The van der Waals surface area contributed by atoms with E-state index in [-0.39, 0.29) is 5.75 Å². The first-order valence-electron chi connectivity index (χ1n) is 13.5. The van der Waals surface area contributed by atoms with E-state index in [0.29, 0.717) is 6.04 Å². The number of carboxylic acid groups (broad SMARTS) is 2. The minimum absolute atomic E-state index is 0.208. The highest BCUT2D eigenvalue weighted by Crippen LogP contribution is 2.33. The summed E-state index contributed by atoms with van der Waals surface area (Å²) in [5.41, 5.74) is 2.54. The second kappa shape index (κ2) is 17.8. The number of hydrogen-bond donors (Lipinski definition) is 3. The van der Waals surface area contributed by atoms with E-state index in [1.54, 1.807) is 23.9 Å². The molecule has 258 valence electrons. The third-order valence-electron chi connectivity index (χ3n) is 6.16. The molecular weight excluding hydrogens is 671 g/mol. The lowest BCUT2D eigenvalue weighted by atomic mass is 10.0. The summed E-state index contributed by atoms with van der Waals surface area (Å²) < 4.78 is 105. The Morgan fingerprint density at radius 2 is 1.26 bits per heavy atom. The van der Waals surface area contributed by atoms with Gasteiger partial charge in [0.2, 0.25) is 0 Å². The van der Waals surface area contributed by atoms with Crippen LogP contribution in [0.2, 0.25) is 0 Å². The molecule has 0 unspecified atom stereocenters. The van der Waals surface area contributed by atoms with Crippen LogP contribution < -0.4 is 10.1 Å². The number of likely N-dealkylation sites (tertiary alicyclic amines) is 1. The molecule has 1 aliphatic heterocycles.